The number of nitrogens with one attached hydrogen (secondary N) is 1. The van der Waals surface area contributed by atoms with Gasteiger partial charge >= 0.3 is 0 Å². The molecule has 3 rings (SSSR count). The Balaban J connectivity index is 1.95. The first-order chi connectivity index (χ1) is 12.5. The zero-order chi connectivity index (χ0) is 18.7. The SMILES string of the molecule is CCCCOc1ccccc1NC(=O)c1c(C)oc2ncn(C)c(=O)c12. The molecule has 0 aliphatic heterocycles. The van der Waals surface area contributed by atoms with Crippen LogP contribution < -0.4 is 15.6 Å². The van der Waals surface area contributed by atoms with E-state index < -0.39 is 5.91 Å². The monoisotopic (exact) mass is 355 g/mol. The van der Waals surface area contributed by atoms with Crippen LogP contribution in [0.5, 0.6) is 5.75 Å². The second kappa shape index (κ2) is 7.43. The van der Waals surface area contributed by atoms with Gasteiger partial charge in [-0.05, 0) is 25.5 Å². The molecule has 0 unspecified atom stereocenters. The van der Waals surface area contributed by atoms with Crippen LogP contribution in [-0.4, -0.2) is 22.1 Å². The maximum absolute atomic E-state index is 12.9. The molecule has 0 fully saturated rings. The van der Waals surface area contributed by atoms with Gasteiger partial charge in [-0.1, -0.05) is 25.5 Å². The van der Waals surface area contributed by atoms with E-state index in [0.717, 1.165) is 12.8 Å². The number of aromatic nitrogens is 2. The van der Waals surface area contributed by atoms with Gasteiger partial charge in [0, 0.05) is 7.05 Å². The Morgan fingerprint density at radius 2 is 2.12 bits per heavy atom. The third-order valence-electron chi connectivity index (χ3n) is 4.07. The van der Waals surface area contributed by atoms with Crippen LogP contribution in [0.3, 0.4) is 0 Å². The van der Waals surface area contributed by atoms with Gasteiger partial charge in [-0.25, -0.2) is 4.98 Å². The third-order valence-corrected chi connectivity index (χ3v) is 4.07. The average Bonchev–Trinajstić information content (AvgIpc) is 2.97. The van der Waals surface area contributed by atoms with E-state index in [1.165, 1.54) is 10.9 Å². The Morgan fingerprint density at radius 3 is 2.88 bits per heavy atom. The van der Waals surface area contributed by atoms with Crippen molar-refractivity contribution in [3.63, 3.8) is 0 Å². The molecule has 136 valence electrons. The van der Waals surface area contributed by atoms with E-state index in [1.54, 1.807) is 26.1 Å². The third kappa shape index (κ3) is 3.33. The van der Waals surface area contributed by atoms with Gasteiger partial charge < -0.3 is 19.0 Å². The summed E-state index contributed by atoms with van der Waals surface area (Å²) in [6.07, 6.45) is 3.31. The fraction of sp³-hybridized carbons (Fsp3) is 0.316. The fourth-order valence-corrected chi connectivity index (χ4v) is 2.67. The molecule has 0 atom stereocenters. The highest BCUT2D eigenvalue weighted by Gasteiger charge is 2.23. The molecule has 0 aliphatic carbocycles. The second-order valence-corrected chi connectivity index (χ2v) is 6.03. The molecule has 7 heteroatoms. The second-order valence-electron chi connectivity index (χ2n) is 6.03. The van der Waals surface area contributed by atoms with E-state index in [0.29, 0.717) is 23.8 Å². The van der Waals surface area contributed by atoms with Crippen LogP contribution >= 0.6 is 0 Å². The normalized spacial score (nSPS) is 10.9. The van der Waals surface area contributed by atoms with Gasteiger partial charge in [0.05, 0.1) is 17.9 Å². The number of unbranched alkanes of at least 4 members (excludes halogenated alkanes) is 1. The summed E-state index contributed by atoms with van der Waals surface area (Å²) < 4.78 is 12.5. The van der Waals surface area contributed by atoms with Crippen LogP contribution in [0, 0.1) is 6.92 Å². The van der Waals surface area contributed by atoms with Crippen molar-refractivity contribution in [3.8, 4) is 5.75 Å². The molecular weight excluding hydrogens is 334 g/mol. The highest BCUT2D eigenvalue weighted by atomic mass is 16.5. The van der Waals surface area contributed by atoms with Gasteiger partial charge in [0.15, 0.2) is 0 Å². The van der Waals surface area contributed by atoms with Crippen molar-refractivity contribution in [1.82, 2.24) is 9.55 Å². The number of furan rings is 1. The van der Waals surface area contributed by atoms with Crippen LogP contribution in [0.1, 0.15) is 35.9 Å². The summed E-state index contributed by atoms with van der Waals surface area (Å²) >= 11 is 0. The van der Waals surface area contributed by atoms with Gasteiger partial charge in [-0.3, -0.25) is 9.59 Å². The first kappa shape index (κ1) is 17.7. The van der Waals surface area contributed by atoms with Gasteiger partial charge in [0.2, 0.25) is 5.71 Å². The molecular formula is C19H21N3O4. The van der Waals surface area contributed by atoms with E-state index in [9.17, 15) is 9.59 Å². The van der Waals surface area contributed by atoms with Crippen molar-refractivity contribution in [1.29, 1.82) is 0 Å². The van der Waals surface area contributed by atoms with Gasteiger partial charge in [-0.2, -0.15) is 0 Å². The number of hydrogen-bond donors (Lipinski definition) is 1. The maximum Gasteiger partial charge on any atom is 0.265 e. The number of carbonyl (C=O) groups is 1. The molecule has 2 aromatic heterocycles. The summed E-state index contributed by atoms with van der Waals surface area (Å²) in [5, 5.41) is 3.00. The van der Waals surface area contributed by atoms with Gasteiger partial charge in [-0.15, -0.1) is 0 Å². The minimum atomic E-state index is -0.433. The van der Waals surface area contributed by atoms with Crippen molar-refractivity contribution in [3.05, 3.63) is 52.3 Å². The summed E-state index contributed by atoms with van der Waals surface area (Å²) in [6.45, 7) is 4.29. The lowest BCUT2D eigenvalue weighted by Gasteiger charge is -2.12. The number of hydrogen-bond acceptors (Lipinski definition) is 5. The summed E-state index contributed by atoms with van der Waals surface area (Å²) in [6, 6.07) is 7.21. The predicted octanol–water partition coefficient (Wildman–Crippen LogP) is 3.27. The lowest BCUT2D eigenvalue weighted by Crippen LogP contribution is -2.20. The van der Waals surface area contributed by atoms with Crippen LogP contribution in [0.15, 0.2) is 39.8 Å². The Morgan fingerprint density at radius 1 is 1.35 bits per heavy atom. The molecule has 1 amide bonds. The molecule has 0 spiro atoms. The number of benzene rings is 1. The number of anilines is 1. The lowest BCUT2D eigenvalue weighted by molar-refractivity contribution is 0.102. The topological polar surface area (TPSA) is 86.4 Å². The van der Waals surface area contributed by atoms with Crippen LogP contribution in [0.4, 0.5) is 5.69 Å². The van der Waals surface area contributed by atoms with Crippen LogP contribution in [0.25, 0.3) is 11.1 Å². The van der Waals surface area contributed by atoms with Gasteiger partial charge in [0.25, 0.3) is 11.5 Å². The number of aryl methyl sites for hydroxylation is 2. The Kier molecular flexibility index (Phi) is 5.06. The van der Waals surface area contributed by atoms with E-state index in [2.05, 4.69) is 17.2 Å². The Hall–Kier alpha value is -3.09. The van der Waals surface area contributed by atoms with Crippen molar-refractivity contribution in [2.75, 3.05) is 11.9 Å². The number of rotatable bonds is 6. The Bertz CT molecular complexity index is 1000. The Labute approximate surface area is 150 Å². The van der Waals surface area contributed by atoms with E-state index in [-0.39, 0.29) is 22.2 Å². The van der Waals surface area contributed by atoms with Crippen molar-refractivity contribution < 1.29 is 13.9 Å². The van der Waals surface area contributed by atoms with E-state index in [4.69, 9.17) is 9.15 Å². The standard InChI is InChI=1S/C19H21N3O4/c1-4-5-10-25-14-9-7-6-8-13(14)21-17(23)15-12(2)26-18-16(15)19(24)22(3)11-20-18/h6-9,11H,4-5,10H2,1-3H3,(H,21,23). The number of carbonyl (C=O) groups excluding carboxylic acids is 1. The summed E-state index contributed by atoms with van der Waals surface area (Å²) in [5.41, 5.74) is 0.563. The quantitative estimate of drug-likeness (QED) is 0.686. The summed E-state index contributed by atoms with van der Waals surface area (Å²) in [5.74, 6) is 0.501. The minimum Gasteiger partial charge on any atom is -0.491 e. The molecule has 26 heavy (non-hydrogen) atoms. The molecule has 0 saturated carbocycles. The molecule has 0 saturated heterocycles. The van der Waals surface area contributed by atoms with Crippen LogP contribution in [-0.2, 0) is 7.05 Å². The average molecular weight is 355 g/mol. The number of nitrogens with zero attached hydrogens (tertiary/aromatic N) is 2. The zero-order valence-corrected chi connectivity index (χ0v) is 15.0. The largest absolute Gasteiger partial charge is 0.491 e. The molecule has 7 nitrogen and oxygen atoms in total. The van der Waals surface area contributed by atoms with Crippen molar-refractivity contribution in [2.45, 2.75) is 26.7 Å². The molecule has 3 aromatic rings. The van der Waals surface area contributed by atoms with Gasteiger partial charge in [0.1, 0.15) is 23.2 Å². The number of para-hydroxylation sites is 2. The van der Waals surface area contributed by atoms with Crippen molar-refractivity contribution >= 4 is 22.7 Å². The highest BCUT2D eigenvalue weighted by Crippen LogP contribution is 2.27. The molecule has 2 heterocycles. The smallest absolute Gasteiger partial charge is 0.265 e. The predicted molar refractivity (Wildman–Crippen MR) is 98.8 cm³/mol. The first-order valence-electron chi connectivity index (χ1n) is 8.50. The summed E-state index contributed by atoms with van der Waals surface area (Å²) in [7, 11) is 1.58. The number of ether oxygens (including phenoxy) is 1. The number of fused-ring (bicyclic) bond motifs is 1. The van der Waals surface area contributed by atoms with Crippen LogP contribution in [0.2, 0.25) is 0 Å². The summed E-state index contributed by atoms with van der Waals surface area (Å²) in [4.78, 5) is 29.3. The molecule has 1 N–H and O–H groups in total. The molecule has 0 radical (unpaired) electrons. The lowest BCUT2D eigenvalue weighted by atomic mass is 10.1. The molecule has 0 bridgehead atoms. The minimum absolute atomic E-state index is 0.156. The number of amides is 1. The van der Waals surface area contributed by atoms with Crippen molar-refractivity contribution in [2.24, 2.45) is 7.05 Å². The maximum atomic E-state index is 12.9. The fourth-order valence-electron chi connectivity index (χ4n) is 2.67. The molecule has 0 aliphatic rings. The van der Waals surface area contributed by atoms with E-state index in [1.807, 2.05) is 12.1 Å². The zero-order valence-electron chi connectivity index (χ0n) is 15.0. The first-order valence-corrected chi connectivity index (χ1v) is 8.50. The van der Waals surface area contributed by atoms with E-state index >= 15 is 0 Å². The highest BCUT2D eigenvalue weighted by molar-refractivity contribution is 6.13. The molecule has 1 aromatic carbocycles.